The average molecular weight is 191 g/mol. The lowest BCUT2D eigenvalue weighted by Crippen LogP contribution is -2.42. The Labute approximate surface area is 85.0 Å². The molecule has 2 heteroatoms. The molecule has 76 valence electrons. The predicted molar refractivity (Wildman–Crippen MR) is 57.3 cm³/mol. The molecule has 0 saturated carbocycles. The number of aliphatic hydroxyl groups excluding tert-OH is 1. The summed E-state index contributed by atoms with van der Waals surface area (Å²) >= 11 is 0. The van der Waals surface area contributed by atoms with Crippen LogP contribution >= 0.6 is 0 Å². The second-order valence-corrected chi connectivity index (χ2v) is 3.90. The smallest absolute Gasteiger partial charge is 0.0590 e. The summed E-state index contributed by atoms with van der Waals surface area (Å²) in [6.07, 6.45) is 2.39. The summed E-state index contributed by atoms with van der Waals surface area (Å²) in [5.74, 6) is 0.481. The zero-order valence-corrected chi connectivity index (χ0v) is 8.32. The molecule has 0 amide bonds. The lowest BCUT2D eigenvalue weighted by molar-refractivity contribution is 0.202. The van der Waals surface area contributed by atoms with Crippen LogP contribution in [0.4, 0.5) is 0 Å². The minimum absolute atomic E-state index is 0.236. The third kappa shape index (κ3) is 1.97. The first-order valence-corrected chi connectivity index (χ1v) is 5.31. The monoisotopic (exact) mass is 191 g/mol. The van der Waals surface area contributed by atoms with E-state index in [2.05, 4.69) is 29.6 Å². The largest absolute Gasteiger partial charge is 0.395 e. The van der Waals surface area contributed by atoms with Crippen LogP contribution in [-0.4, -0.2) is 24.3 Å². The molecule has 0 bridgehead atoms. The molecular weight excluding hydrogens is 174 g/mol. The van der Waals surface area contributed by atoms with Crippen molar-refractivity contribution in [3.05, 3.63) is 35.9 Å². The minimum Gasteiger partial charge on any atom is -0.395 e. The second-order valence-electron chi connectivity index (χ2n) is 3.90. The molecule has 2 rings (SSSR count). The van der Waals surface area contributed by atoms with E-state index in [9.17, 15) is 5.11 Å². The topological polar surface area (TPSA) is 32.3 Å². The highest BCUT2D eigenvalue weighted by Crippen LogP contribution is 2.27. The van der Waals surface area contributed by atoms with Gasteiger partial charge >= 0.3 is 0 Å². The van der Waals surface area contributed by atoms with Gasteiger partial charge in [0.05, 0.1) is 6.61 Å². The van der Waals surface area contributed by atoms with Gasteiger partial charge in [0.25, 0.3) is 0 Å². The van der Waals surface area contributed by atoms with Crippen molar-refractivity contribution < 1.29 is 5.11 Å². The Morgan fingerprint density at radius 1 is 1.29 bits per heavy atom. The Morgan fingerprint density at radius 3 is 2.79 bits per heavy atom. The molecule has 0 radical (unpaired) electrons. The van der Waals surface area contributed by atoms with E-state index < -0.39 is 0 Å². The Kier molecular flexibility index (Phi) is 3.17. The highest BCUT2D eigenvalue weighted by atomic mass is 16.3. The minimum atomic E-state index is 0.236. The Morgan fingerprint density at radius 2 is 2.07 bits per heavy atom. The quantitative estimate of drug-likeness (QED) is 0.742. The number of piperidine rings is 1. The molecule has 1 saturated heterocycles. The maximum Gasteiger partial charge on any atom is 0.0590 e. The summed E-state index contributed by atoms with van der Waals surface area (Å²) in [6.45, 7) is 1.27. The fourth-order valence-electron chi connectivity index (χ4n) is 2.24. The van der Waals surface area contributed by atoms with Crippen molar-refractivity contribution in [1.29, 1.82) is 0 Å². The first kappa shape index (κ1) is 9.69. The maximum atomic E-state index is 9.26. The van der Waals surface area contributed by atoms with Crippen LogP contribution in [0.1, 0.15) is 24.3 Å². The number of benzene rings is 1. The van der Waals surface area contributed by atoms with Crippen molar-refractivity contribution >= 4 is 0 Å². The highest BCUT2D eigenvalue weighted by Gasteiger charge is 2.24. The average Bonchev–Trinajstić information content (AvgIpc) is 2.30. The number of hydrogen-bond acceptors (Lipinski definition) is 2. The summed E-state index contributed by atoms with van der Waals surface area (Å²) < 4.78 is 0. The molecule has 2 nitrogen and oxygen atoms in total. The Balaban J connectivity index is 2.15. The van der Waals surface area contributed by atoms with Gasteiger partial charge in [0, 0.05) is 12.0 Å². The SMILES string of the molecule is OCC1NCCCC1c1ccccc1. The van der Waals surface area contributed by atoms with E-state index in [4.69, 9.17) is 0 Å². The zero-order chi connectivity index (χ0) is 9.80. The third-order valence-corrected chi connectivity index (χ3v) is 3.01. The van der Waals surface area contributed by atoms with Crippen LogP contribution < -0.4 is 5.32 Å². The zero-order valence-electron chi connectivity index (χ0n) is 8.32. The molecule has 1 aromatic rings. The molecule has 14 heavy (non-hydrogen) atoms. The fraction of sp³-hybridized carbons (Fsp3) is 0.500. The van der Waals surface area contributed by atoms with Gasteiger partial charge in [0.15, 0.2) is 0 Å². The van der Waals surface area contributed by atoms with Gasteiger partial charge in [0.1, 0.15) is 0 Å². The summed E-state index contributed by atoms with van der Waals surface area (Å²) in [6, 6.07) is 10.7. The molecule has 2 atom stereocenters. The van der Waals surface area contributed by atoms with E-state index in [-0.39, 0.29) is 12.6 Å². The van der Waals surface area contributed by atoms with Crippen LogP contribution in [0.2, 0.25) is 0 Å². The predicted octanol–water partition coefficient (Wildman–Crippen LogP) is 1.51. The van der Waals surface area contributed by atoms with Crippen LogP contribution in [0.25, 0.3) is 0 Å². The van der Waals surface area contributed by atoms with Gasteiger partial charge in [-0.3, -0.25) is 0 Å². The first-order chi connectivity index (χ1) is 6.92. The van der Waals surface area contributed by atoms with Crippen LogP contribution in [-0.2, 0) is 0 Å². The lowest BCUT2D eigenvalue weighted by atomic mass is 9.85. The van der Waals surface area contributed by atoms with E-state index in [1.807, 2.05) is 6.07 Å². The first-order valence-electron chi connectivity index (χ1n) is 5.31. The van der Waals surface area contributed by atoms with E-state index in [1.165, 1.54) is 18.4 Å². The molecule has 0 aromatic heterocycles. The normalized spacial score (nSPS) is 27.5. The van der Waals surface area contributed by atoms with Gasteiger partial charge < -0.3 is 10.4 Å². The second kappa shape index (κ2) is 4.58. The molecule has 2 N–H and O–H groups in total. The molecule has 0 spiro atoms. The molecule has 1 aliphatic rings. The molecular formula is C12H17NO. The number of aliphatic hydroxyl groups is 1. The lowest BCUT2D eigenvalue weighted by Gasteiger charge is -2.31. The van der Waals surface area contributed by atoms with Gasteiger partial charge in [-0.15, -0.1) is 0 Å². The van der Waals surface area contributed by atoms with Crippen molar-refractivity contribution in [2.45, 2.75) is 24.8 Å². The summed E-state index contributed by atoms with van der Waals surface area (Å²) in [4.78, 5) is 0. The van der Waals surface area contributed by atoms with Gasteiger partial charge in [-0.1, -0.05) is 30.3 Å². The molecule has 1 fully saturated rings. The molecule has 1 aliphatic heterocycles. The Bertz CT molecular complexity index is 273. The highest BCUT2D eigenvalue weighted by molar-refractivity contribution is 5.21. The summed E-state index contributed by atoms with van der Waals surface area (Å²) in [5, 5.41) is 12.6. The van der Waals surface area contributed by atoms with Crippen LogP contribution in [0.3, 0.4) is 0 Å². The number of nitrogens with one attached hydrogen (secondary N) is 1. The summed E-state index contributed by atoms with van der Waals surface area (Å²) in [7, 11) is 0. The number of hydrogen-bond donors (Lipinski definition) is 2. The summed E-state index contributed by atoms with van der Waals surface area (Å²) in [5.41, 5.74) is 1.35. The fourth-order valence-corrected chi connectivity index (χ4v) is 2.24. The maximum absolute atomic E-state index is 9.26. The van der Waals surface area contributed by atoms with Crippen LogP contribution in [0.15, 0.2) is 30.3 Å². The standard InChI is InChI=1S/C12H17NO/c14-9-12-11(7-4-8-13-12)10-5-2-1-3-6-10/h1-3,5-6,11-14H,4,7-9H2. The molecule has 1 heterocycles. The molecule has 2 unspecified atom stereocenters. The van der Waals surface area contributed by atoms with Gasteiger partial charge in [-0.25, -0.2) is 0 Å². The van der Waals surface area contributed by atoms with Gasteiger partial charge in [-0.2, -0.15) is 0 Å². The number of rotatable bonds is 2. The van der Waals surface area contributed by atoms with Crippen molar-refractivity contribution in [2.75, 3.05) is 13.2 Å². The van der Waals surface area contributed by atoms with Crippen LogP contribution in [0, 0.1) is 0 Å². The van der Waals surface area contributed by atoms with Crippen molar-refractivity contribution in [2.24, 2.45) is 0 Å². The van der Waals surface area contributed by atoms with Crippen molar-refractivity contribution in [1.82, 2.24) is 5.32 Å². The van der Waals surface area contributed by atoms with E-state index in [0.717, 1.165) is 6.54 Å². The third-order valence-electron chi connectivity index (χ3n) is 3.01. The van der Waals surface area contributed by atoms with Gasteiger partial charge in [-0.05, 0) is 24.9 Å². The van der Waals surface area contributed by atoms with Crippen molar-refractivity contribution in [3.8, 4) is 0 Å². The van der Waals surface area contributed by atoms with Crippen molar-refractivity contribution in [3.63, 3.8) is 0 Å². The van der Waals surface area contributed by atoms with E-state index >= 15 is 0 Å². The molecule has 1 aromatic carbocycles. The Hall–Kier alpha value is -0.860. The molecule has 0 aliphatic carbocycles. The van der Waals surface area contributed by atoms with Crippen LogP contribution in [0.5, 0.6) is 0 Å². The van der Waals surface area contributed by atoms with Gasteiger partial charge in [0.2, 0.25) is 0 Å². The van der Waals surface area contributed by atoms with E-state index in [1.54, 1.807) is 0 Å². The van der Waals surface area contributed by atoms with E-state index in [0.29, 0.717) is 5.92 Å².